The summed E-state index contributed by atoms with van der Waals surface area (Å²) in [6.45, 7) is 0. The predicted octanol–water partition coefficient (Wildman–Crippen LogP) is 10.5. The van der Waals surface area contributed by atoms with E-state index in [0.717, 1.165) is 27.1 Å². The minimum Gasteiger partial charge on any atom is -0.507 e. The van der Waals surface area contributed by atoms with Gasteiger partial charge in [-0.05, 0) is 48.5 Å². The van der Waals surface area contributed by atoms with Crippen molar-refractivity contribution in [1.29, 1.82) is 0 Å². The first-order valence-electron chi connectivity index (χ1n) is 13.7. The summed E-state index contributed by atoms with van der Waals surface area (Å²) in [6, 6.07) is 35.7. The number of ether oxygens (including phenoxy) is 1. The predicted molar refractivity (Wildman–Crippen MR) is 166 cm³/mol. The second-order valence-electron chi connectivity index (χ2n) is 10.0. The Morgan fingerprint density at radius 2 is 0.977 bits per heavy atom. The molecule has 2 aromatic heterocycles. The molecule has 1 N–H and O–H groups in total. The number of phenolic OH excluding ortho intramolecular Hbond substituents is 1. The Hall–Kier alpha value is -5.62. The lowest BCUT2D eigenvalue weighted by Crippen LogP contribution is -1.90. The zero-order valence-electron chi connectivity index (χ0n) is 23.0. The van der Waals surface area contributed by atoms with Crippen molar-refractivity contribution in [2.24, 2.45) is 0 Å². The lowest BCUT2D eigenvalue weighted by atomic mass is 10.0. The highest BCUT2D eigenvalue weighted by Gasteiger charge is 2.20. The van der Waals surface area contributed by atoms with Gasteiger partial charge in [0.15, 0.2) is 0 Å². The van der Waals surface area contributed by atoms with E-state index in [1.807, 2.05) is 72.8 Å². The van der Waals surface area contributed by atoms with Crippen LogP contribution in [0.3, 0.4) is 0 Å². The third kappa shape index (κ3) is 4.44. The number of phenols is 1. The molecular weight excluding hydrogens is 546 g/mol. The van der Waals surface area contributed by atoms with E-state index in [-0.39, 0.29) is 11.6 Å². The van der Waals surface area contributed by atoms with Gasteiger partial charge in [0.1, 0.15) is 45.5 Å². The summed E-state index contributed by atoms with van der Waals surface area (Å²) < 4.78 is 46.0. The van der Waals surface area contributed by atoms with Gasteiger partial charge in [-0.3, -0.25) is 0 Å². The van der Waals surface area contributed by atoms with Crippen LogP contribution >= 0.6 is 0 Å². The lowest BCUT2D eigenvalue weighted by molar-refractivity contribution is 0.416. The van der Waals surface area contributed by atoms with Gasteiger partial charge >= 0.3 is 0 Å². The van der Waals surface area contributed by atoms with Crippen LogP contribution < -0.4 is 4.74 Å². The molecule has 6 heteroatoms. The summed E-state index contributed by atoms with van der Waals surface area (Å²) in [5.74, 6) is -0.0853. The Balaban J connectivity index is 0.000000140. The van der Waals surface area contributed by atoms with Gasteiger partial charge in [-0.1, -0.05) is 72.8 Å². The number of methoxy groups -OCH3 is 1. The molecule has 0 aliphatic rings. The van der Waals surface area contributed by atoms with Gasteiger partial charge in [-0.2, -0.15) is 0 Å². The molecule has 6 aromatic carbocycles. The van der Waals surface area contributed by atoms with Crippen LogP contribution in [0, 0.1) is 11.6 Å². The van der Waals surface area contributed by atoms with Crippen LogP contribution in [0.15, 0.2) is 130 Å². The molecule has 0 spiro atoms. The minimum atomic E-state index is -0.414. The van der Waals surface area contributed by atoms with Crippen LogP contribution in [-0.4, -0.2) is 12.2 Å². The highest BCUT2D eigenvalue weighted by Crippen LogP contribution is 2.41. The SMILES string of the molecule is COc1ccccc1-c1c(F)ccc2c1oc1ccccc12.Oc1ccccc1-c1c(F)ccc2c1oc1ccccc12. The van der Waals surface area contributed by atoms with Crippen molar-refractivity contribution < 1.29 is 27.5 Å². The molecule has 0 fully saturated rings. The fourth-order valence-corrected chi connectivity index (χ4v) is 5.57. The fraction of sp³-hybridized carbons (Fsp3) is 0.0270. The number of benzene rings is 6. The number of hydrogen-bond donors (Lipinski definition) is 1. The number of halogens is 2. The number of aromatic hydroxyl groups is 1. The van der Waals surface area contributed by atoms with E-state index in [2.05, 4.69) is 0 Å². The second kappa shape index (κ2) is 10.7. The molecule has 0 aliphatic heterocycles. The third-order valence-electron chi connectivity index (χ3n) is 7.54. The molecule has 0 bridgehead atoms. The maximum absolute atomic E-state index is 14.5. The van der Waals surface area contributed by atoms with Crippen LogP contribution in [0.4, 0.5) is 8.78 Å². The van der Waals surface area contributed by atoms with Crippen molar-refractivity contribution in [3.63, 3.8) is 0 Å². The smallest absolute Gasteiger partial charge is 0.146 e. The fourth-order valence-electron chi connectivity index (χ4n) is 5.57. The van der Waals surface area contributed by atoms with Crippen molar-refractivity contribution in [3.8, 4) is 33.8 Å². The van der Waals surface area contributed by atoms with E-state index in [4.69, 9.17) is 13.6 Å². The minimum absolute atomic E-state index is 0.0318. The molecular formula is C37H24F2O4. The molecule has 0 saturated heterocycles. The molecule has 210 valence electrons. The summed E-state index contributed by atoms with van der Waals surface area (Å²) >= 11 is 0. The molecule has 0 atom stereocenters. The Morgan fingerprint density at radius 3 is 1.53 bits per heavy atom. The second-order valence-corrected chi connectivity index (χ2v) is 10.0. The molecule has 43 heavy (non-hydrogen) atoms. The molecule has 4 nitrogen and oxygen atoms in total. The van der Waals surface area contributed by atoms with Crippen LogP contribution in [-0.2, 0) is 0 Å². The first-order chi connectivity index (χ1) is 21.0. The number of furan rings is 2. The molecule has 0 unspecified atom stereocenters. The van der Waals surface area contributed by atoms with E-state index in [0.29, 0.717) is 44.8 Å². The number of hydrogen-bond acceptors (Lipinski definition) is 4. The number of para-hydroxylation sites is 4. The van der Waals surface area contributed by atoms with Gasteiger partial charge in [-0.15, -0.1) is 0 Å². The van der Waals surface area contributed by atoms with Gasteiger partial charge in [0.05, 0.1) is 18.2 Å². The summed E-state index contributed by atoms with van der Waals surface area (Å²) in [7, 11) is 1.58. The zero-order chi connectivity index (χ0) is 29.5. The zero-order valence-corrected chi connectivity index (χ0v) is 23.0. The number of rotatable bonds is 3. The van der Waals surface area contributed by atoms with Crippen LogP contribution in [0.25, 0.3) is 66.1 Å². The first kappa shape index (κ1) is 26.3. The van der Waals surface area contributed by atoms with Crippen molar-refractivity contribution in [2.45, 2.75) is 0 Å². The summed E-state index contributed by atoms with van der Waals surface area (Å²) in [4.78, 5) is 0. The maximum Gasteiger partial charge on any atom is 0.146 e. The topological polar surface area (TPSA) is 55.7 Å². The van der Waals surface area contributed by atoms with Crippen LogP contribution in [0.1, 0.15) is 0 Å². The van der Waals surface area contributed by atoms with Crippen molar-refractivity contribution >= 4 is 43.9 Å². The molecule has 0 saturated carbocycles. The molecule has 2 heterocycles. The molecule has 8 rings (SSSR count). The van der Waals surface area contributed by atoms with Gasteiger partial charge < -0.3 is 18.7 Å². The van der Waals surface area contributed by atoms with Gasteiger partial charge in [0.2, 0.25) is 0 Å². The van der Waals surface area contributed by atoms with E-state index in [1.165, 1.54) is 18.2 Å². The summed E-state index contributed by atoms with van der Waals surface area (Å²) in [5.41, 5.74) is 4.30. The summed E-state index contributed by atoms with van der Waals surface area (Å²) in [6.07, 6.45) is 0. The lowest BCUT2D eigenvalue weighted by Gasteiger charge is -2.09. The first-order valence-corrected chi connectivity index (χ1v) is 13.7. The van der Waals surface area contributed by atoms with Crippen molar-refractivity contribution in [3.05, 3.63) is 133 Å². The Morgan fingerprint density at radius 1 is 0.512 bits per heavy atom. The Labute approximate surface area is 245 Å². The molecule has 0 aliphatic carbocycles. The Kier molecular flexibility index (Phi) is 6.51. The number of fused-ring (bicyclic) bond motifs is 6. The standard InChI is InChI=1S/C19H13FO2.C18H11FO2/c1-21-16-8-4-3-7-14(16)18-15(20)11-10-13-12-6-2-5-9-17(12)22-19(13)18;19-14-10-9-12-11-5-2-4-8-16(11)21-18(12)17(14)13-6-1-3-7-15(13)20/h2-11H,1H3;1-10,20H. The quantitative estimate of drug-likeness (QED) is 0.230. The largest absolute Gasteiger partial charge is 0.507 e. The highest BCUT2D eigenvalue weighted by atomic mass is 19.1. The third-order valence-corrected chi connectivity index (χ3v) is 7.54. The van der Waals surface area contributed by atoms with Crippen LogP contribution in [0.2, 0.25) is 0 Å². The normalized spacial score (nSPS) is 11.2. The van der Waals surface area contributed by atoms with Crippen LogP contribution in [0.5, 0.6) is 11.5 Å². The van der Waals surface area contributed by atoms with E-state index in [9.17, 15) is 13.9 Å². The van der Waals surface area contributed by atoms with E-state index >= 15 is 0 Å². The average Bonchev–Trinajstić information content (AvgIpc) is 3.60. The van der Waals surface area contributed by atoms with Gasteiger partial charge in [0.25, 0.3) is 0 Å². The Bertz CT molecular complexity index is 2280. The molecule has 0 radical (unpaired) electrons. The average molecular weight is 571 g/mol. The maximum atomic E-state index is 14.5. The van der Waals surface area contributed by atoms with Gasteiger partial charge in [0, 0.05) is 32.7 Å². The van der Waals surface area contributed by atoms with E-state index < -0.39 is 5.82 Å². The molecule has 0 amide bonds. The van der Waals surface area contributed by atoms with Gasteiger partial charge in [-0.25, -0.2) is 8.78 Å². The van der Waals surface area contributed by atoms with Crippen molar-refractivity contribution in [2.75, 3.05) is 7.11 Å². The highest BCUT2D eigenvalue weighted by molar-refractivity contribution is 6.11. The molecule has 8 aromatic rings. The van der Waals surface area contributed by atoms with E-state index in [1.54, 1.807) is 37.4 Å². The monoisotopic (exact) mass is 570 g/mol. The summed E-state index contributed by atoms with van der Waals surface area (Å²) in [5, 5.41) is 13.7. The van der Waals surface area contributed by atoms with Crippen molar-refractivity contribution in [1.82, 2.24) is 0 Å².